The van der Waals surface area contributed by atoms with Crippen LogP contribution < -0.4 is 14.8 Å². The molecular formula is C17H19N3O3. The summed E-state index contributed by atoms with van der Waals surface area (Å²) in [5.41, 5.74) is 0.936. The average Bonchev–Trinajstić information content (AvgIpc) is 3.02. The van der Waals surface area contributed by atoms with E-state index in [0.29, 0.717) is 19.6 Å². The first-order valence-corrected chi connectivity index (χ1v) is 7.96. The van der Waals surface area contributed by atoms with Gasteiger partial charge in [-0.2, -0.15) is 0 Å². The lowest BCUT2D eigenvalue weighted by Gasteiger charge is -2.25. The molecule has 1 atom stereocenters. The third-order valence-electron chi connectivity index (χ3n) is 4.27. The Morgan fingerprint density at radius 2 is 2.17 bits per heavy atom. The molecule has 1 aromatic heterocycles. The molecule has 2 aliphatic heterocycles. The zero-order chi connectivity index (χ0) is 15.6. The Balaban J connectivity index is 1.37. The Kier molecular flexibility index (Phi) is 3.65. The van der Waals surface area contributed by atoms with Crippen molar-refractivity contribution in [2.45, 2.75) is 31.8 Å². The third kappa shape index (κ3) is 3.02. The molecule has 6 heteroatoms. The van der Waals surface area contributed by atoms with Crippen molar-refractivity contribution in [2.24, 2.45) is 0 Å². The Morgan fingerprint density at radius 3 is 3.09 bits per heavy atom. The molecule has 3 heterocycles. The molecule has 1 amide bonds. The Morgan fingerprint density at radius 1 is 1.30 bits per heavy atom. The van der Waals surface area contributed by atoms with Crippen LogP contribution in [0.15, 0.2) is 30.6 Å². The van der Waals surface area contributed by atoms with Gasteiger partial charge in [-0.1, -0.05) is 6.07 Å². The van der Waals surface area contributed by atoms with Gasteiger partial charge in [0.05, 0.1) is 6.42 Å². The van der Waals surface area contributed by atoms with Crippen LogP contribution in [-0.2, 0) is 24.2 Å². The van der Waals surface area contributed by atoms with Gasteiger partial charge in [0.25, 0.3) is 0 Å². The molecule has 2 aromatic rings. The molecule has 2 aliphatic rings. The van der Waals surface area contributed by atoms with E-state index in [2.05, 4.69) is 14.9 Å². The lowest BCUT2D eigenvalue weighted by molar-refractivity contribution is -0.121. The molecule has 0 bridgehead atoms. The van der Waals surface area contributed by atoms with Crippen LogP contribution in [0.3, 0.4) is 0 Å². The molecule has 0 saturated carbocycles. The number of carbonyl (C=O) groups is 1. The van der Waals surface area contributed by atoms with Crippen molar-refractivity contribution in [1.82, 2.24) is 14.9 Å². The summed E-state index contributed by atoms with van der Waals surface area (Å²) >= 11 is 0. The van der Waals surface area contributed by atoms with Gasteiger partial charge in [0.2, 0.25) is 5.91 Å². The number of ether oxygens (including phenoxy) is 2. The van der Waals surface area contributed by atoms with Gasteiger partial charge in [-0.3, -0.25) is 4.79 Å². The van der Waals surface area contributed by atoms with Crippen LogP contribution in [0.5, 0.6) is 11.5 Å². The highest BCUT2D eigenvalue weighted by molar-refractivity contribution is 5.79. The number of nitrogens with one attached hydrogen (secondary N) is 1. The lowest BCUT2D eigenvalue weighted by Crippen LogP contribution is -2.41. The van der Waals surface area contributed by atoms with E-state index < -0.39 is 0 Å². The normalized spacial score (nSPS) is 19.0. The van der Waals surface area contributed by atoms with Gasteiger partial charge in [0.15, 0.2) is 11.5 Å². The molecule has 0 spiro atoms. The van der Waals surface area contributed by atoms with E-state index in [-0.39, 0.29) is 11.9 Å². The summed E-state index contributed by atoms with van der Waals surface area (Å²) in [4.78, 5) is 16.6. The van der Waals surface area contributed by atoms with Crippen molar-refractivity contribution < 1.29 is 14.3 Å². The molecule has 1 aromatic carbocycles. The van der Waals surface area contributed by atoms with Crippen LogP contribution in [0.1, 0.15) is 17.8 Å². The largest absolute Gasteiger partial charge is 0.486 e. The highest BCUT2D eigenvalue weighted by Crippen LogP contribution is 2.30. The number of benzene rings is 1. The van der Waals surface area contributed by atoms with Gasteiger partial charge in [0, 0.05) is 31.4 Å². The minimum absolute atomic E-state index is 0.0373. The van der Waals surface area contributed by atoms with E-state index in [0.717, 1.165) is 42.3 Å². The number of aryl methyl sites for hydroxylation is 1. The fourth-order valence-corrected chi connectivity index (χ4v) is 3.15. The van der Waals surface area contributed by atoms with Crippen molar-refractivity contribution in [1.29, 1.82) is 0 Å². The van der Waals surface area contributed by atoms with E-state index in [1.165, 1.54) is 0 Å². The molecule has 0 fully saturated rings. The van der Waals surface area contributed by atoms with Gasteiger partial charge in [-0.05, 0) is 24.1 Å². The summed E-state index contributed by atoms with van der Waals surface area (Å²) in [7, 11) is 0. The monoisotopic (exact) mass is 313 g/mol. The maximum atomic E-state index is 12.3. The van der Waals surface area contributed by atoms with Gasteiger partial charge in [-0.15, -0.1) is 0 Å². The zero-order valence-electron chi connectivity index (χ0n) is 12.8. The van der Waals surface area contributed by atoms with Crippen molar-refractivity contribution in [3.8, 4) is 11.5 Å². The smallest absolute Gasteiger partial charge is 0.224 e. The van der Waals surface area contributed by atoms with Crippen LogP contribution in [0.2, 0.25) is 0 Å². The van der Waals surface area contributed by atoms with Crippen LogP contribution in [0.4, 0.5) is 0 Å². The van der Waals surface area contributed by atoms with Crippen LogP contribution in [-0.4, -0.2) is 34.7 Å². The van der Waals surface area contributed by atoms with Gasteiger partial charge < -0.3 is 19.4 Å². The zero-order valence-corrected chi connectivity index (χ0v) is 12.8. The second-order valence-corrected chi connectivity index (χ2v) is 5.95. The number of hydrogen-bond donors (Lipinski definition) is 1. The summed E-state index contributed by atoms with van der Waals surface area (Å²) in [5, 5.41) is 3.12. The van der Waals surface area contributed by atoms with Crippen molar-refractivity contribution in [3.05, 3.63) is 42.0 Å². The van der Waals surface area contributed by atoms with Crippen LogP contribution in [0.25, 0.3) is 0 Å². The first-order valence-electron chi connectivity index (χ1n) is 7.96. The molecule has 120 valence electrons. The summed E-state index contributed by atoms with van der Waals surface area (Å²) in [5.74, 6) is 2.61. The van der Waals surface area contributed by atoms with Crippen molar-refractivity contribution in [2.75, 3.05) is 13.2 Å². The van der Waals surface area contributed by atoms with Crippen LogP contribution in [0, 0.1) is 0 Å². The summed E-state index contributed by atoms with van der Waals surface area (Å²) in [6.45, 7) is 1.92. The maximum absolute atomic E-state index is 12.3. The first-order chi connectivity index (χ1) is 11.3. The Labute approximate surface area is 134 Å². The van der Waals surface area contributed by atoms with Gasteiger partial charge in [-0.25, -0.2) is 4.98 Å². The molecule has 0 radical (unpaired) electrons. The summed E-state index contributed by atoms with van der Waals surface area (Å²) in [6.07, 6.45) is 5.97. The second kappa shape index (κ2) is 5.95. The number of amides is 1. The lowest BCUT2D eigenvalue weighted by atomic mass is 10.1. The van der Waals surface area contributed by atoms with E-state index in [1.54, 1.807) is 0 Å². The molecule has 0 aliphatic carbocycles. The molecule has 4 rings (SSSR count). The minimum atomic E-state index is 0.0373. The second-order valence-electron chi connectivity index (χ2n) is 5.95. The highest BCUT2D eigenvalue weighted by Gasteiger charge is 2.20. The van der Waals surface area contributed by atoms with Crippen molar-refractivity contribution in [3.63, 3.8) is 0 Å². The minimum Gasteiger partial charge on any atom is -0.486 e. The first kappa shape index (κ1) is 14.1. The predicted molar refractivity (Wildman–Crippen MR) is 83.6 cm³/mol. The van der Waals surface area contributed by atoms with Crippen molar-refractivity contribution >= 4 is 5.91 Å². The fourth-order valence-electron chi connectivity index (χ4n) is 3.15. The van der Waals surface area contributed by atoms with E-state index in [1.807, 2.05) is 30.6 Å². The number of aromatic nitrogens is 2. The molecule has 0 saturated heterocycles. The summed E-state index contributed by atoms with van der Waals surface area (Å²) in [6, 6.07) is 5.85. The summed E-state index contributed by atoms with van der Waals surface area (Å²) < 4.78 is 13.2. The predicted octanol–water partition coefficient (Wildman–Crippen LogP) is 1.33. The number of rotatable bonds is 3. The third-order valence-corrected chi connectivity index (χ3v) is 4.27. The molecule has 1 N–H and O–H groups in total. The van der Waals surface area contributed by atoms with Gasteiger partial charge in [0.1, 0.15) is 19.0 Å². The number of fused-ring (bicyclic) bond motifs is 2. The van der Waals surface area contributed by atoms with E-state index in [9.17, 15) is 4.79 Å². The number of imidazole rings is 1. The fraction of sp³-hybridized carbons (Fsp3) is 0.412. The number of hydrogen-bond acceptors (Lipinski definition) is 4. The molecule has 1 unspecified atom stereocenters. The number of carbonyl (C=O) groups excluding carboxylic acids is 1. The highest BCUT2D eigenvalue weighted by atomic mass is 16.6. The quantitative estimate of drug-likeness (QED) is 0.928. The topological polar surface area (TPSA) is 65.4 Å². The Bertz CT molecular complexity index is 726. The SMILES string of the molecule is O=C(Cc1ccc2c(c1)OCCO2)NC1CCc2nccn2C1. The van der Waals surface area contributed by atoms with E-state index >= 15 is 0 Å². The standard InChI is InChI=1S/C17H19N3O3/c21-17(19-13-2-4-16-18-5-6-20(16)11-13)10-12-1-3-14-15(9-12)23-8-7-22-14/h1,3,5-6,9,13H,2,4,7-8,10-11H2,(H,19,21). The maximum Gasteiger partial charge on any atom is 0.224 e. The van der Waals surface area contributed by atoms with E-state index in [4.69, 9.17) is 9.47 Å². The number of nitrogens with zero attached hydrogens (tertiary/aromatic N) is 2. The Hall–Kier alpha value is -2.50. The average molecular weight is 313 g/mol. The molecule has 6 nitrogen and oxygen atoms in total. The molecular weight excluding hydrogens is 294 g/mol. The molecule has 23 heavy (non-hydrogen) atoms. The van der Waals surface area contributed by atoms with Crippen LogP contribution >= 0.6 is 0 Å². The van der Waals surface area contributed by atoms with Gasteiger partial charge >= 0.3 is 0 Å².